The maximum absolute atomic E-state index is 13.3. The Bertz CT molecular complexity index is 2470. The summed E-state index contributed by atoms with van der Waals surface area (Å²) in [5.41, 5.74) is 4.22. The summed E-state index contributed by atoms with van der Waals surface area (Å²) in [6.45, 7) is 7.66. The Morgan fingerprint density at radius 2 is 1.31 bits per heavy atom. The summed E-state index contributed by atoms with van der Waals surface area (Å²) in [7, 11) is 6.43. The number of fused-ring (bicyclic) bond motifs is 5. The third-order valence-electron chi connectivity index (χ3n) is 12.5. The molecule has 0 saturated heterocycles. The smallest absolute Gasteiger partial charge is 0.415 e. The summed E-state index contributed by atoms with van der Waals surface area (Å²) < 4.78 is 35.7. The zero-order valence-electron chi connectivity index (χ0n) is 42.7. The van der Waals surface area contributed by atoms with Crippen LogP contribution in [0, 0.1) is 0 Å². The van der Waals surface area contributed by atoms with Crippen molar-refractivity contribution < 1.29 is 57.0 Å². The van der Waals surface area contributed by atoms with Crippen LogP contribution in [0.5, 0.6) is 23.0 Å². The molecule has 5 amide bonds. The molecule has 0 aliphatic carbocycles. The highest BCUT2D eigenvalue weighted by Crippen LogP contribution is 2.42. The number of rotatable bonds is 24. The summed E-state index contributed by atoms with van der Waals surface area (Å²) in [5.74, 6) is 2.26. The van der Waals surface area contributed by atoms with Gasteiger partial charge in [0.25, 0.3) is 0 Å². The molecule has 0 fully saturated rings. The van der Waals surface area contributed by atoms with E-state index in [2.05, 4.69) is 27.3 Å². The summed E-state index contributed by atoms with van der Waals surface area (Å²) in [5, 5.41) is 7.54. The number of amides is 5. The SMILES string of the molecule is COc1ccc2cc3[n+](cc2c1OC(=O)N(C)CCNC(=O)CCCCCCCCCCCCC(=O)Nc1ccc(COC(=O)N(C)CCN(C)C(=O)OC(C)(C)C)cc1)CCc1cc2c(cc1-3)OCO2. The molecule has 2 N–H and O–H groups in total. The number of carbonyl (C=O) groups excluding carboxylic acids is 5. The maximum atomic E-state index is 13.3. The Labute approximate surface area is 418 Å². The summed E-state index contributed by atoms with van der Waals surface area (Å²) >= 11 is 0. The minimum Gasteiger partial charge on any atom is -0.493 e. The largest absolute Gasteiger partial charge is 0.493 e. The van der Waals surface area contributed by atoms with Crippen LogP contribution in [0.1, 0.15) is 109 Å². The highest BCUT2D eigenvalue weighted by Gasteiger charge is 2.30. The molecular formula is C54H73N6O11+. The molecule has 17 heteroatoms. The number of ether oxygens (including phenoxy) is 6. The van der Waals surface area contributed by atoms with Crippen LogP contribution in [0.3, 0.4) is 0 Å². The quantitative estimate of drug-likeness (QED) is 0.0505. The fourth-order valence-electron chi connectivity index (χ4n) is 8.34. The van der Waals surface area contributed by atoms with E-state index in [9.17, 15) is 24.0 Å². The number of aryl methyl sites for hydroxylation is 2. The fraction of sp³-hybridized carbons (Fsp3) is 0.519. The lowest BCUT2D eigenvalue weighted by Crippen LogP contribution is -2.40. The van der Waals surface area contributed by atoms with Crippen LogP contribution in [0.2, 0.25) is 0 Å². The van der Waals surface area contributed by atoms with Gasteiger partial charge in [-0.25, -0.2) is 14.4 Å². The minimum atomic E-state index is -0.595. The van der Waals surface area contributed by atoms with Gasteiger partial charge in [0.15, 0.2) is 35.7 Å². The van der Waals surface area contributed by atoms with Crippen molar-refractivity contribution in [2.45, 2.75) is 123 Å². The second-order valence-corrected chi connectivity index (χ2v) is 19.4. The van der Waals surface area contributed by atoms with Crippen LogP contribution in [-0.2, 0) is 38.6 Å². The number of nitrogens with zero attached hydrogens (tertiary/aromatic N) is 4. The van der Waals surface area contributed by atoms with E-state index in [1.165, 1.54) is 20.3 Å². The molecular weight excluding hydrogens is 909 g/mol. The first-order valence-corrected chi connectivity index (χ1v) is 25.0. The predicted octanol–water partition coefficient (Wildman–Crippen LogP) is 9.39. The molecule has 3 heterocycles. The van der Waals surface area contributed by atoms with Crippen molar-refractivity contribution in [1.82, 2.24) is 20.0 Å². The Balaban J connectivity index is 0.762. The topological polar surface area (TPSA) is 178 Å². The molecule has 3 aromatic carbocycles. The van der Waals surface area contributed by atoms with Gasteiger partial charge in [-0.1, -0.05) is 63.5 Å². The molecule has 0 unspecified atom stereocenters. The Hall–Kier alpha value is -6.78. The maximum Gasteiger partial charge on any atom is 0.415 e. The minimum absolute atomic E-state index is 0.0252. The van der Waals surface area contributed by atoms with Gasteiger partial charge in [-0.15, -0.1) is 0 Å². The van der Waals surface area contributed by atoms with Gasteiger partial charge in [-0.05, 0) is 86.5 Å². The number of benzene rings is 3. The first-order valence-electron chi connectivity index (χ1n) is 25.0. The van der Waals surface area contributed by atoms with Gasteiger partial charge in [0.1, 0.15) is 12.2 Å². The van der Waals surface area contributed by atoms with E-state index in [-0.39, 0.29) is 31.8 Å². The van der Waals surface area contributed by atoms with Crippen LogP contribution < -0.4 is 34.1 Å². The summed E-state index contributed by atoms with van der Waals surface area (Å²) in [4.78, 5) is 67.2. The van der Waals surface area contributed by atoms with Crippen molar-refractivity contribution in [3.05, 3.63) is 71.9 Å². The van der Waals surface area contributed by atoms with E-state index >= 15 is 0 Å². The van der Waals surface area contributed by atoms with Crippen molar-refractivity contribution in [2.75, 3.05) is 66.5 Å². The summed E-state index contributed by atoms with van der Waals surface area (Å²) in [6, 6.07) is 17.2. The number of hydrogen-bond donors (Lipinski definition) is 2. The molecule has 0 spiro atoms. The molecule has 0 radical (unpaired) electrons. The molecule has 2 aliphatic rings. The number of aromatic nitrogens is 1. The van der Waals surface area contributed by atoms with Gasteiger partial charge in [0, 0.05) is 78.3 Å². The van der Waals surface area contributed by atoms with E-state index < -0.39 is 23.9 Å². The van der Waals surface area contributed by atoms with Gasteiger partial charge in [0.05, 0.1) is 18.1 Å². The van der Waals surface area contributed by atoms with Crippen molar-refractivity contribution >= 4 is 46.6 Å². The van der Waals surface area contributed by atoms with E-state index in [1.54, 1.807) is 67.2 Å². The number of methoxy groups -OCH3 is 1. The number of unbranched alkanes of at least 4 members (excludes halogenated alkanes) is 9. The zero-order valence-corrected chi connectivity index (χ0v) is 42.7. The second kappa shape index (κ2) is 25.9. The highest BCUT2D eigenvalue weighted by molar-refractivity contribution is 5.94. The van der Waals surface area contributed by atoms with Crippen LogP contribution in [0.15, 0.2) is 60.8 Å². The second-order valence-electron chi connectivity index (χ2n) is 19.4. The zero-order chi connectivity index (χ0) is 50.9. The average molecular weight is 982 g/mol. The molecule has 4 aromatic rings. The number of hydrogen-bond acceptors (Lipinski definition) is 11. The van der Waals surface area contributed by atoms with Crippen LogP contribution in [0.25, 0.3) is 22.0 Å². The Kier molecular flexibility index (Phi) is 19.5. The molecule has 6 rings (SSSR count). The lowest BCUT2D eigenvalue weighted by molar-refractivity contribution is -0.686. The number of carbonyl (C=O) groups is 5. The number of anilines is 1. The first-order chi connectivity index (χ1) is 34.1. The first kappa shape index (κ1) is 53.6. The lowest BCUT2D eigenvalue weighted by atomic mass is 9.95. The Morgan fingerprint density at radius 1 is 0.704 bits per heavy atom. The number of pyridine rings is 1. The molecule has 1 aromatic heterocycles. The van der Waals surface area contributed by atoms with E-state index in [0.717, 1.165) is 116 Å². The molecule has 0 atom stereocenters. The predicted molar refractivity (Wildman–Crippen MR) is 270 cm³/mol. The lowest BCUT2D eigenvalue weighted by Gasteiger charge is -2.26. The van der Waals surface area contributed by atoms with E-state index in [0.29, 0.717) is 49.7 Å². The summed E-state index contributed by atoms with van der Waals surface area (Å²) in [6.07, 6.45) is 12.6. The monoisotopic (exact) mass is 982 g/mol. The van der Waals surface area contributed by atoms with Crippen molar-refractivity contribution in [3.63, 3.8) is 0 Å². The van der Waals surface area contributed by atoms with Crippen molar-refractivity contribution in [3.8, 4) is 34.3 Å². The molecule has 17 nitrogen and oxygen atoms in total. The van der Waals surface area contributed by atoms with E-state index in [1.807, 2.05) is 30.5 Å². The van der Waals surface area contributed by atoms with Gasteiger partial charge in [-0.3, -0.25) is 9.59 Å². The van der Waals surface area contributed by atoms with Gasteiger partial charge >= 0.3 is 18.3 Å². The van der Waals surface area contributed by atoms with Crippen molar-refractivity contribution in [2.24, 2.45) is 0 Å². The molecule has 0 saturated carbocycles. The van der Waals surface area contributed by atoms with Gasteiger partial charge in [0.2, 0.25) is 24.3 Å². The molecule has 2 aliphatic heterocycles. The third kappa shape index (κ3) is 16.1. The molecule has 384 valence electrons. The van der Waals surface area contributed by atoms with Gasteiger partial charge in [-0.2, -0.15) is 4.57 Å². The van der Waals surface area contributed by atoms with Crippen LogP contribution in [-0.4, -0.2) is 112 Å². The number of nitrogens with one attached hydrogen (secondary N) is 2. The van der Waals surface area contributed by atoms with Crippen LogP contribution >= 0.6 is 0 Å². The van der Waals surface area contributed by atoms with Crippen LogP contribution in [0.4, 0.5) is 20.1 Å². The third-order valence-corrected chi connectivity index (χ3v) is 12.5. The van der Waals surface area contributed by atoms with Gasteiger partial charge < -0.3 is 53.8 Å². The Morgan fingerprint density at radius 3 is 1.96 bits per heavy atom. The normalized spacial score (nSPS) is 12.3. The molecule has 0 bridgehead atoms. The standard InChI is InChI=1S/C54H72N6O11/c1-54(2,3)71-53(65)59(6)31-30-58(5)51(63)67-36-38-20-23-41(24-21-38)56-49(62)19-17-15-13-11-9-8-10-12-14-16-18-48(61)55-27-29-57(4)52(64)70-50-43-35-60-28-26-40-33-46-47(69-37-68-46)34-42(40)44(60)32-39(43)22-25-45(50)66-7/h20-25,32-35H,8-19,26-31,36-37H2,1-7H3,(H-,55,56,61,62)/p+1. The van der Waals surface area contributed by atoms with Crippen molar-refractivity contribution in [1.29, 1.82) is 0 Å². The fourth-order valence-corrected chi connectivity index (χ4v) is 8.34. The number of likely N-dealkylation sites (N-methyl/N-ethyl adjacent to an activating group) is 3. The molecule has 71 heavy (non-hydrogen) atoms. The highest BCUT2D eigenvalue weighted by atomic mass is 16.7. The van der Waals surface area contributed by atoms with E-state index in [4.69, 9.17) is 28.4 Å². The average Bonchev–Trinajstić information content (AvgIpc) is 3.81.